The number of hydrogen-bond acceptors (Lipinski definition) is 3. The summed E-state index contributed by atoms with van der Waals surface area (Å²) in [5.41, 5.74) is 1.36. The van der Waals surface area contributed by atoms with Gasteiger partial charge in [0.1, 0.15) is 5.75 Å². The van der Waals surface area contributed by atoms with Gasteiger partial charge in [-0.15, -0.1) is 0 Å². The first-order valence-electron chi connectivity index (χ1n) is 7.19. The van der Waals surface area contributed by atoms with Gasteiger partial charge in [0.25, 0.3) is 5.91 Å². The zero-order valence-electron chi connectivity index (χ0n) is 12.7. The third-order valence-electron chi connectivity index (χ3n) is 3.23. The molecule has 0 radical (unpaired) electrons. The molecule has 128 valence electrons. The highest BCUT2D eigenvalue weighted by molar-refractivity contribution is 6.30. The van der Waals surface area contributed by atoms with E-state index in [2.05, 4.69) is 15.2 Å². The zero-order chi connectivity index (χ0) is 17.8. The van der Waals surface area contributed by atoms with Gasteiger partial charge in [0.05, 0.1) is 5.69 Å². The van der Waals surface area contributed by atoms with Crippen molar-refractivity contribution in [1.29, 1.82) is 0 Å². The molecule has 1 amide bonds. The van der Waals surface area contributed by atoms with Crippen LogP contribution in [-0.4, -0.2) is 22.3 Å². The minimum Gasteiger partial charge on any atom is -0.435 e. The van der Waals surface area contributed by atoms with Crippen molar-refractivity contribution in [3.05, 3.63) is 71.5 Å². The second-order valence-electron chi connectivity index (χ2n) is 4.98. The summed E-state index contributed by atoms with van der Waals surface area (Å²) in [5.74, 6) is -0.415. The van der Waals surface area contributed by atoms with Crippen molar-refractivity contribution >= 4 is 23.2 Å². The average Bonchev–Trinajstić information content (AvgIpc) is 3.06. The van der Waals surface area contributed by atoms with Crippen molar-refractivity contribution in [2.45, 2.75) is 6.61 Å². The molecule has 1 N–H and O–H groups in total. The van der Waals surface area contributed by atoms with Crippen LogP contribution in [-0.2, 0) is 0 Å². The normalized spacial score (nSPS) is 10.7. The van der Waals surface area contributed by atoms with E-state index in [0.29, 0.717) is 10.7 Å². The Hall–Kier alpha value is -2.93. The first kappa shape index (κ1) is 16.9. The molecular weight excluding hydrogens is 352 g/mol. The van der Waals surface area contributed by atoms with Crippen LogP contribution in [0.25, 0.3) is 5.69 Å². The Kier molecular flexibility index (Phi) is 4.95. The van der Waals surface area contributed by atoms with Gasteiger partial charge in [-0.05, 0) is 48.5 Å². The molecule has 0 aliphatic heterocycles. The molecule has 0 unspecified atom stereocenters. The van der Waals surface area contributed by atoms with Gasteiger partial charge in [-0.3, -0.25) is 4.79 Å². The van der Waals surface area contributed by atoms with Crippen molar-refractivity contribution in [2.24, 2.45) is 0 Å². The average molecular weight is 364 g/mol. The third-order valence-corrected chi connectivity index (χ3v) is 3.47. The van der Waals surface area contributed by atoms with Crippen LogP contribution in [0.2, 0.25) is 5.02 Å². The number of halogens is 3. The Labute approximate surface area is 146 Å². The van der Waals surface area contributed by atoms with Crippen LogP contribution in [0.4, 0.5) is 14.5 Å². The molecule has 8 heteroatoms. The van der Waals surface area contributed by atoms with Crippen LogP contribution in [0.3, 0.4) is 0 Å². The minimum atomic E-state index is -2.89. The fourth-order valence-corrected chi connectivity index (χ4v) is 2.31. The predicted molar refractivity (Wildman–Crippen MR) is 89.6 cm³/mol. The fraction of sp³-hybridized carbons (Fsp3) is 0.0588. The van der Waals surface area contributed by atoms with E-state index >= 15 is 0 Å². The van der Waals surface area contributed by atoms with Gasteiger partial charge in [-0.1, -0.05) is 17.7 Å². The van der Waals surface area contributed by atoms with Crippen LogP contribution < -0.4 is 10.1 Å². The van der Waals surface area contributed by atoms with Crippen molar-refractivity contribution in [3.63, 3.8) is 0 Å². The molecule has 3 aromatic rings. The van der Waals surface area contributed by atoms with Crippen LogP contribution >= 0.6 is 11.6 Å². The Bertz CT molecular complexity index is 882. The number of carbonyl (C=O) groups is 1. The monoisotopic (exact) mass is 363 g/mol. The van der Waals surface area contributed by atoms with Gasteiger partial charge in [0.2, 0.25) is 0 Å². The maximum atomic E-state index is 12.2. The number of aromatic nitrogens is 2. The summed E-state index contributed by atoms with van der Waals surface area (Å²) in [6.45, 7) is -2.89. The van der Waals surface area contributed by atoms with Gasteiger partial charge in [-0.25, -0.2) is 4.68 Å². The predicted octanol–water partition coefficient (Wildman–Crippen LogP) is 4.38. The van der Waals surface area contributed by atoms with E-state index in [4.69, 9.17) is 11.6 Å². The van der Waals surface area contributed by atoms with E-state index in [0.717, 1.165) is 5.69 Å². The van der Waals surface area contributed by atoms with Crippen LogP contribution in [0.15, 0.2) is 60.8 Å². The molecule has 0 bridgehead atoms. The summed E-state index contributed by atoms with van der Waals surface area (Å²) in [7, 11) is 0. The number of benzene rings is 2. The summed E-state index contributed by atoms with van der Waals surface area (Å²) < 4.78 is 30.0. The lowest BCUT2D eigenvalue weighted by atomic mass is 10.3. The summed E-state index contributed by atoms with van der Waals surface area (Å²) in [6, 6.07) is 14.2. The lowest BCUT2D eigenvalue weighted by Crippen LogP contribution is -2.13. The highest BCUT2D eigenvalue weighted by Gasteiger charge is 2.11. The molecule has 1 heterocycles. The van der Waals surface area contributed by atoms with E-state index in [1.165, 1.54) is 28.9 Å². The van der Waals surface area contributed by atoms with Crippen molar-refractivity contribution in [3.8, 4) is 11.4 Å². The van der Waals surface area contributed by atoms with E-state index < -0.39 is 12.5 Å². The lowest BCUT2D eigenvalue weighted by molar-refractivity contribution is -0.0498. The van der Waals surface area contributed by atoms with Gasteiger partial charge in [-0.2, -0.15) is 13.9 Å². The molecule has 0 saturated heterocycles. The number of amides is 1. The van der Waals surface area contributed by atoms with Crippen LogP contribution in [0, 0.1) is 0 Å². The number of nitrogens with zero attached hydrogens (tertiary/aromatic N) is 2. The van der Waals surface area contributed by atoms with Gasteiger partial charge < -0.3 is 10.1 Å². The van der Waals surface area contributed by atoms with E-state index in [9.17, 15) is 13.6 Å². The molecular formula is C17H12ClF2N3O2. The van der Waals surface area contributed by atoms with E-state index in [1.54, 1.807) is 30.5 Å². The Morgan fingerprint density at radius 3 is 2.60 bits per heavy atom. The Morgan fingerprint density at radius 1 is 1.16 bits per heavy atom. The first-order valence-corrected chi connectivity index (χ1v) is 7.57. The maximum absolute atomic E-state index is 12.2. The minimum absolute atomic E-state index is 0.0123. The molecule has 0 spiro atoms. The molecule has 2 aromatic carbocycles. The summed E-state index contributed by atoms with van der Waals surface area (Å²) in [6.07, 6.45) is 1.64. The Morgan fingerprint density at radius 2 is 1.92 bits per heavy atom. The fourth-order valence-electron chi connectivity index (χ4n) is 2.12. The van der Waals surface area contributed by atoms with Crippen molar-refractivity contribution < 1.29 is 18.3 Å². The topological polar surface area (TPSA) is 56.1 Å². The van der Waals surface area contributed by atoms with Gasteiger partial charge in [0, 0.05) is 16.9 Å². The van der Waals surface area contributed by atoms with Crippen molar-refractivity contribution in [1.82, 2.24) is 9.78 Å². The van der Waals surface area contributed by atoms with Crippen LogP contribution in [0.1, 0.15) is 10.5 Å². The SMILES string of the molecule is O=C(Nc1ccc(OC(F)F)cc1)c1ccn(-c2cccc(Cl)c2)n1. The second-order valence-corrected chi connectivity index (χ2v) is 5.42. The first-order chi connectivity index (χ1) is 12.0. The summed E-state index contributed by atoms with van der Waals surface area (Å²) in [4.78, 5) is 12.2. The molecule has 0 saturated carbocycles. The number of ether oxygens (including phenoxy) is 1. The summed E-state index contributed by atoms with van der Waals surface area (Å²) in [5, 5.41) is 7.39. The number of nitrogens with one attached hydrogen (secondary N) is 1. The standard InChI is InChI=1S/C17H12ClF2N3O2/c18-11-2-1-3-13(10-11)23-9-8-15(22-23)16(24)21-12-4-6-14(7-5-12)25-17(19)20/h1-10,17H,(H,21,24). The lowest BCUT2D eigenvalue weighted by Gasteiger charge is -2.06. The number of rotatable bonds is 5. The zero-order valence-corrected chi connectivity index (χ0v) is 13.5. The molecule has 0 atom stereocenters. The van der Waals surface area contributed by atoms with E-state index in [1.807, 2.05) is 6.07 Å². The largest absolute Gasteiger partial charge is 0.435 e. The number of anilines is 1. The molecule has 0 fully saturated rings. The highest BCUT2D eigenvalue weighted by Crippen LogP contribution is 2.19. The van der Waals surface area contributed by atoms with Gasteiger partial charge >= 0.3 is 6.61 Å². The van der Waals surface area contributed by atoms with Gasteiger partial charge in [0.15, 0.2) is 5.69 Å². The quantitative estimate of drug-likeness (QED) is 0.732. The third kappa shape index (κ3) is 4.33. The number of hydrogen-bond donors (Lipinski definition) is 1. The highest BCUT2D eigenvalue weighted by atomic mass is 35.5. The van der Waals surface area contributed by atoms with Crippen molar-refractivity contribution in [2.75, 3.05) is 5.32 Å². The molecule has 25 heavy (non-hydrogen) atoms. The number of alkyl halides is 2. The second kappa shape index (κ2) is 7.31. The van der Waals surface area contributed by atoms with E-state index in [-0.39, 0.29) is 11.4 Å². The molecule has 0 aliphatic rings. The summed E-state index contributed by atoms with van der Waals surface area (Å²) >= 11 is 5.94. The maximum Gasteiger partial charge on any atom is 0.387 e. The molecule has 1 aromatic heterocycles. The number of carbonyl (C=O) groups excluding carboxylic acids is 1. The van der Waals surface area contributed by atoms with Crippen LogP contribution in [0.5, 0.6) is 5.75 Å². The smallest absolute Gasteiger partial charge is 0.387 e. The molecule has 0 aliphatic carbocycles. The Balaban J connectivity index is 1.69. The molecule has 3 rings (SSSR count). The molecule has 5 nitrogen and oxygen atoms in total.